The quantitative estimate of drug-likeness (QED) is 0.885. The summed E-state index contributed by atoms with van der Waals surface area (Å²) in [6.07, 6.45) is 3.52. The van der Waals surface area contributed by atoms with E-state index in [0.29, 0.717) is 37.2 Å². The minimum absolute atomic E-state index is 0.00263. The summed E-state index contributed by atoms with van der Waals surface area (Å²) in [5, 5.41) is 2.95. The number of piperidine rings is 1. The molecule has 1 N–H and O–H groups in total. The highest BCUT2D eigenvalue weighted by Gasteiger charge is 2.28. The third-order valence-electron chi connectivity index (χ3n) is 5.46. The van der Waals surface area contributed by atoms with Crippen LogP contribution in [0.2, 0.25) is 0 Å². The number of amides is 3. The van der Waals surface area contributed by atoms with Crippen molar-refractivity contribution < 1.29 is 14.4 Å². The highest BCUT2D eigenvalue weighted by molar-refractivity contribution is 5.96. The molecule has 3 amide bonds. The van der Waals surface area contributed by atoms with E-state index < -0.39 is 0 Å². The van der Waals surface area contributed by atoms with Crippen LogP contribution in [0.3, 0.4) is 0 Å². The van der Waals surface area contributed by atoms with Crippen LogP contribution in [0.25, 0.3) is 0 Å². The molecule has 2 aliphatic rings. The molecule has 2 saturated heterocycles. The fourth-order valence-corrected chi connectivity index (χ4v) is 3.77. The van der Waals surface area contributed by atoms with E-state index in [0.717, 1.165) is 25.9 Å². The molecule has 3 rings (SSSR count). The molecule has 1 aromatic rings. The van der Waals surface area contributed by atoms with Crippen LogP contribution in [-0.2, 0) is 9.59 Å². The van der Waals surface area contributed by atoms with Gasteiger partial charge in [-0.3, -0.25) is 14.4 Å². The molecule has 2 heterocycles. The predicted molar refractivity (Wildman–Crippen MR) is 104 cm³/mol. The summed E-state index contributed by atoms with van der Waals surface area (Å²) in [6.45, 7) is 6.74. The topological polar surface area (TPSA) is 69.7 Å². The summed E-state index contributed by atoms with van der Waals surface area (Å²) >= 11 is 0. The first-order valence-electron chi connectivity index (χ1n) is 9.94. The fraction of sp³-hybridized carbons (Fsp3) is 0.571. The lowest BCUT2D eigenvalue weighted by atomic mass is 9.95. The van der Waals surface area contributed by atoms with Gasteiger partial charge in [-0.1, -0.05) is 13.8 Å². The van der Waals surface area contributed by atoms with Gasteiger partial charge in [0.1, 0.15) is 0 Å². The van der Waals surface area contributed by atoms with Crippen molar-refractivity contribution in [1.29, 1.82) is 0 Å². The Morgan fingerprint density at radius 3 is 2.07 bits per heavy atom. The molecule has 0 saturated carbocycles. The molecule has 0 radical (unpaired) electrons. The molecule has 146 valence electrons. The first-order valence-corrected chi connectivity index (χ1v) is 9.94. The Kier molecular flexibility index (Phi) is 6.14. The van der Waals surface area contributed by atoms with Crippen molar-refractivity contribution in [3.05, 3.63) is 29.8 Å². The number of anilines is 1. The molecule has 2 aliphatic heterocycles. The van der Waals surface area contributed by atoms with Gasteiger partial charge in [-0.25, -0.2) is 0 Å². The van der Waals surface area contributed by atoms with Crippen LogP contribution in [-0.4, -0.2) is 53.7 Å². The Hall–Kier alpha value is -2.37. The van der Waals surface area contributed by atoms with E-state index in [2.05, 4.69) is 5.32 Å². The van der Waals surface area contributed by atoms with Gasteiger partial charge < -0.3 is 15.1 Å². The maximum absolute atomic E-state index is 12.5. The third-order valence-corrected chi connectivity index (χ3v) is 5.46. The van der Waals surface area contributed by atoms with Crippen LogP contribution in [0.4, 0.5) is 5.69 Å². The van der Waals surface area contributed by atoms with Gasteiger partial charge in [0, 0.05) is 49.3 Å². The van der Waals surface area contributed by atoms with E-state index >= 15 is 0 Å². The molecule has 1 aromatic carbocycles. The highest BCUT2D eigenvalue weighted by atomic mass is 16.2. The van der Waals surface area contributed by atoms with E-state index in [4.69, 9.17) is 0 Å². The lowest BCUT2D eigenvalue weighted by molar-refractivity contribution is -0.137. The number of carbonyl (C=O) groups excluding carboxylic acids is 3. The lowest BCUT2D eigenvalue weighted by Crippen LogP contribution is -2.43. The van der Waals surface area contributed by atoms with Gasteiger partial charge in [-0.2, -0.15) is 0 Å². The van der Waals surface area contributed by atoms with Crippen molar-refractivity contribution in [2.24, 2.45) is 11.8 Å². The smallest absolute Gasteiger partial charge is 0.253 e. The summed E-state index contributed by atoms with van der Waals surface area (Å²) in [5.41, 5.74) is 1.37. The SMILES string of the molecule is CC(C)C(=O)N1CCC(C(=O)Nc2ccc(C(=O)N3CCCC3)cc2)CC1. The standard InChI is InChI=1S/C21H29N3O3/c1-15(2)20(26)24-13-9-16(10-14-24)19(25)22-18-7-5-17(6-8-18)21(27)23-11-3-4-12-23/h5-8,15-16H,3-4,9-14H2,1-2H3,(H,22,25). The van der Waals surface area contributed by atoms with Crippen LogP contribution in [0.15, 0.2) is 24.3 Å². The molecular weight excluding hydrogens is 342 g/mol. The molecule has 0 aromatic heterocycles. The molecule has 0 aliphatic carbocycles. The minimum atomic E-state index is -0.0767. The largest absolute Gasteiger partial charge is 0.342 e. The lowest BCUT2D eigenvalue weighted by Gasteiger charge is -2.32. The molecule has 6 nitrogen and oxygen atoms in total. The maximum Gasteiger partial charge on any atom is 0.253 e. The summed E-state index contributed by atoms with van der Waals surface area (Å²) < 4.78 is 0. The van der Waals surface area contributed by atoms with Gasteiger partial charge in [-0.05, 0) is 49.9 Å². The average molecular weight is 371 g/mol. The van der Waals surface area contributed by atoms with Crippen molar-refractivity contribution in [2.75, 3.05) is 31.5 Å². The van der Waals surface area contributed by atoms with Crippen molar-refractivity contribution in [3.8, 4) is 0 Å². The van der Waals surface area contributed by atoms with Gasteiger partial charge in [-0.15, -0.1) is 0 Å². The van der Waals surface area contributed by atoms with Crippen LogP contribution in [0.1, 0.15) is 49.9 Å². The number of nitrogens with one attached hydrogen (secondary N) is 1. The second kappa shape index (κ2) is 8.55. The van der Waals surface area contributed by atoms with E-state index in [1.165, 1.54) is 0 Å². The summed E-state index contributed by atoms with van der Waals surface area (Å²) in [4.78, 5) is 40.7. The number of carbonyl (C=O) groups is 3. The average Bonchev–Trinajstić information content (AvgIpc) is 3.22. The number of rotatable bonds is 4. The molecule has 0 spiro atoms. The summed E-state index contributed by atoms with van der Waals surface area (Å²) in [7, 11) is 0. The number of hydrogen-bond donors (Lipinski definition) is 1. The number of benzene rings is 1. The minimum Gasteiger partial charge on any atom is -0.342 e. The molecule has 0 atom stereocenters. The zero-order valence-electron chi connectivity index (χ0n) is 16.2. The van der Waals surface area contributed by atoms with Gasteiger partial charge in [0.25, 0.3) is 5.91 Å². The first kappa shape index (κ1) is 19.4. The monoisotopic (exact) mass is 371 g/mol. The zero-order valence-corrected chi connectivity index (χ0v) is 16.2. The molecular formula is C21H29N3O3. The third kappa shape index (κ3) is 4.67. The van der Waals surface area contributed by atoms with Crippen LogP contribution in [0.5, 0.6) is 0 Å². The van der Waals surface area contributed by atoms with E-state index in [9.17, 15) is 14.4 Å². The summed E-state index contributed by atoms with van der Waals surface area (Å²) in [6, 6.07) is 7.14. The Morgan fingerprint density at radius 2 is 1.52 bits per heavy atom. The Labute approximate surface area is 160 Å². The Morgan fingerprint density at radius 1 is 0.926 bits per heavy atom. The molecule has 27 heavy (non-hydrogen) atoms. The van der Waals surface area contributed by atoms with Crippen molar-refractivity contribution >= 4 is 23.4 Å². The van der Waals surface area contributed by atoms with Crippen LogP contribution < -0.4 is 5.32 Å². The Bertz CT molecular complexity index is 685. The molecule has 0 unspecified atom stereocenters. The van der Waals surface area contributed by atoms with Crippen molar-refractivity contribution in [2.45, 2.75) is 39.5 Å². The second-order valence-electron chi connectivity index (χ2n) is 7.82. The van der Waals surface area contributed by atoms with E-state index in [1.54, 1.807) is 24.3 Å². The van der Waals surface area contributed by atoms with Crippen LogP contribution in [0, 0.1) is 11.8 Å². The zero-order chi connectivity index (χ0) is 19.4. The van der Waals surface area contributed by atoms with Gasteiger partial charge >= 0.3 is 0 Å². The van der Waals surface area contributed by atoms with Crippen molar-refractivity contribution in [1.82, 2.24) is 9.80 Å². The van der Waals surface area contributed by atoms with Crippen molar-refractivity contribution in [3.63, 3.8) is 0 Å². The molecule has 2 fully saturated rings. The van der Waals surface area contributed by atoms with E-state index in [-0.39, 0.29) is 29.6 Å². The van der Waals surface area contributed by atoms with Gasteiger partial charge in [0.15, 0.2) is 0 Å². The first-order chi connectivity index (χ1) is 13.0. The number of nitrogens with zero attached hydrogens (tertiary/aromatic N) is 2. The highest BCUT2D eigenvalue weighted by Crippen LogP contribution is 2.21. The maximum atomic E-state index is 12.5. The summed E-state index contributed by atoms with van der Waals surface area (Å²) in [5.74, 6) is 0.134. The van der Waals surface area contributed by atoms with Gasteiger partial charge in [0.2, 0.25) is 11.8 Å². The normalized spacial score (nSPS) is 18.0. The molecule has 0 bridgehead atoms. The second-order valence-corrected chi connectivity index (χ2v) is 7.82. The molecule has 6 heteroatoms. The fourth-order valence-electron chi connectivity index (χ4n) is 3.77. The van der Waals surface area contributed by atoms with E-state index in [1.807, 2.05) is 23.6 Å². The predicted octanol–water partition coefficient (Wildman–Crippen LogP) is 2.76. The number of likely N-dealkylation sites (tertiary alicyclic amines) is 2. The van der Waals surface area contributed by atoms with Crippen LogP contribution >= 0.6 is 0 Å². The number of hydrogen-bond acceptors (Lipinski definition) is 3. The van der Waals surface area contributed by atoms with Gasteiger partial charge in [0.05, 0.1) is 0 Å². The Balaban J connectivity index is 1.51.